The van der Waals surface area contributed by atoms with Crippen molar-refractivity contribution in [2.75, 3.05) is 11.9 Å². The van der Waals surface area contributed by atoms with Crippen LogP contribution in [0.5, 0.6) is 5.75 Å². The molecule has 1 heterocycles. The molecule has 0 aliphatic carbocycles. The third kappa shape index (κ3) is 4.82. The molecule has 2 aromatic carbocycles. The number of hydrogen-bond donors (Lipinski definition) is 1. The summed E-state index contributed by atoms with van der Waals surface area (Å²) in [4.78, 5) is 14.3. The molecule has 0 aliphatic heterocycles. The average molecular weight is 360 g/mol. The standard InChI is InChI=1S/C21H16N2O2S/c22-13-14-25-18-8-4-7-17(15-18)23-21(24)12-10-19-9-11-20(26-19)16-5-2-1-3-6-16/h1-12,15H,14H2,(H,23,24)/b12-10+. The van der Waals surface area contributed by atoms with Crippen LogP contribution >= 0.6 is 11.3 Å². The zero-order valence-electron chi connectivity index (χ0n) is 13.9. The van der Waals surface area contributed by atoms with Crippen molar-refractivity contribution in [3.63, 3.8) is 0 Å². The van der Waals surface area contributed by atoms with Gasteiger partial charge >= 0.3 is 0 Å². The highest BCUT2D eigenvalue weighted by atomic mass is 32.1. The van der Waals surface area contributed by atoms with Gasteiger partial charge < -0.3 is 10.1 Å². The Morgan fingerprint density at radius 3 is 2.77 bits per heavy atom. The maximum Gasteiger partial charge on any atom is 0.248 e. The lowest BCUT2D eigenvalue weighted by Crippen LogP contribution is -2.07. The van der Waals surface area contributed by atoms with Crippen molar-refractivity contribution in [3.8, 4) is 22.3 Å². The van der Waals surface area contributed by atoms with E-state index in [1.807, 2.05) is 36.4 Å². The van der Waals surface area contributed by atoms with Crippen LogP contribution < -0.4 is 10.1 Å². The van der Waals surface area contributed by atoms with Crippen LogP contribution in [0, 0.1) is 11.3 Å². The topological polar surface area (TPSA) is 62.1 Å². The van der Waals surface area contributed by atoms with Crippen LogP contribution in [0.4, 0.5) is 5.69 Å². The molecule has 3 aromatic rings. The van der Waals surface area contributed by atoms with Gasteiger partial charge in [-0.2, -0.15) is 5.26 Å². The van der Waals surface area contributed by atoms with Gasteiger partial charge in [0.1, 0.15) is 11.8 Å². The first-order valence-electron chi connectivity index (χ1n) is 7.99. The van der Waals surface area contributed by atoms with E-state index < -0.39 is 0 Å². The number of thiophene rings is 1. The minimum absolute atomic E-state index is 0.0283. The first kappa shape index (κ1) is 17.5. The number of amides is 1. The van der Waals surface area contributed by atoms with Gasteiger partial charge in [0.2, 0.25) is 5.91 Å². The van der Waals surface area contributed by atoms with Crippen molar-refractivity contribution in [1.82, 2.24) is 0 Å². The fourth-order valence-corrected chi connectivity index (χ4v) is 3.24. The third-order valence-corrected chi connectivity index (χ3v) is 4.59. The molecule has 128 valence electrons. The van der Waals surface area contributed by atoms with Crippen LogP contribution in [-0.2, 0) is 4.79 Å². The normalized spacial score (nSPS) is 10.4. The van der Waals surface area contributed by atoms with Gasteiger partial charge in [0.15, 0.2) is 6.61 Å². The zero-order valence-corrected chi connectivity index (χ0v) is 14.7. The molecule has 3 rings (SSSR count). The van der Waals surface area contributed by atoms with Crippen LogP contribution in [-0.4, -0.2) is 12.5 Å². The molecule has 0 atom stereocenters. The molecule has 0 saturated heterocycles. The summed E-state index contributed by atoms with van der Waals surface area (Å²) < 4.78 is 5.22. The van der Waals surface area contributed by atoms with Gasteiger partial charge in [-0.1, -0.05) is 36.4 Å². The van der Waals surface area contributed by atoms with E-state index >= 15 is 0 Å². The van der Waals surface area contributed by atoms with Crippen LogP contribution in [0.3, 0.4) is 0 Å². The number of rotatable bonds is 6. The summed E-state index contributed by atoms with van der Waals surface area (Å²) in [6.07, 6.45) is 3.30. The molecule has 0 radical (unpaired) electrons. The molecular weight excluding hydrogens is 344 g/mol. The van der Waals surface area contributed by atoms with Crippen molar-refractivity contribution in [3.05, 3.63) is 77.7 Å². The molecule has 0 unspecified atom stereocenters. The highest BCUT2D eigenvalue weighted by molar-refractivity contribution is 7.16. The first-order valence-corrected chi connectivity index (χ1v) is 8.80. The molecule has 1 amide bonds. The number of nitrogens with one attached hydrogen (secondary N) is 1. The van der Waals surface area contributed by atoms with Crippen LogP contribution in [0.2, 0.25) is 0 Å². The Bertz CT molecular complexity index is 955. The van der Waals surface area contributed by atoms with E-state index in [2.05, 4.69) is 17.4 Å². The predicted octanol–water partition coefficient (Wildman–Crippen LogP) is 4.97. The summed E-state index contributed by atoms with van der Waals surface area (Å²) in [7, 11) is 0. The number of carbonyl (C=O) groups is 1. The zero-order chi connectivity index (χ0) is 18.2. The molecule has 0 aliphatic rings. The highest BCUT2D eigenvalue weighted by Gasteiger charge is 2.03. The van der Waals surface area contributed by atoms with Gasteiger partial charge in [-0.25, -0.2) is 0 Å². The summed E-state index contributed by atoms with van der Waals surface area (Å²) in [5.74, 6) is 0.316. The van der Waals surface area contributed by atoms with Gasteiger partial charge in [-0.05, 0) is 35.9 Å². The van der Waals surface area contributed by atoms with Gasteiger partial charge in [-0.15, -0.1) is 11.3 Å². The number of hydrogen-bond acceptors (Lipinski definition) is 4. The molecule has 0 saturated carbocycles. The maximum absolute atomic E-state index is 12.1. The van der Waals surface area contributed by atoms with E-state index in [1.54, 1.807) is 41.7 Å². The molecule has 0 fully saturated rings. The monoisotopic (exact) mass is 360 g/mol. The second kappa shape index (κ2) is 8.65. The molecule has 0 bridgehead atoms. The number of ether oxygens (including phenoxy) is 1. The Labute approximate surface area is 156 Å². The fraction of sp³-hybridized carbons (Fsp3) is 0.0476. The Hall–Kier alpha value is -3.36. The number of nitriles is 1. The van der Waals surface area contributed by atoms with Gasteiger partial charge in [0, 0.05) is 27.6 Å². The summed E-state index contributed by atoms with van der Waals surface area (Å²) in [6.45, 7) is -0.0283. The predicted molar refractivity (Wildman–Crippen MR) is 105 cm³/mol. The van der Waals surface area contributed by atoms with E-state index in [1.165, 1.54) is 6.08 Å². The SMILES string of the molecule is N#CCOc1cccc(NC(=O)/C=C/c2ccc(-c3ccccc3)s2)c1. The van der Waals surface area contributed by atoms with Crippen LogP contribution in [0.1, 0.15) is 4.88 Å². The largest absolute Gasteiger partial charge is 0.479 e. The van der Waals surface area contributed by atoms with E-state index in [-0.39, 0.29) is 12.5 Å². The molecule has 5 heteroatoms. The molecule has 1 aromatic heterocycles. The number of nitrogens with zero attached hydrogens (tertiary/aromatic N) is 1. The maximum atomic E-state index is 12.1. The first-order chi connectivity index (χ1) is 12.7. The van der Waals surface area contributed by atoms with Crippen molar-refractivity contribution < 1.29 is 9.53 Å². The van der Waals surface area contributed by atoms with Crippen molar-refractivity contribution in [2.24, 2.45) is 0 Å². The molecule has 0 spiro atoms. The van der Waals surface area contributed by atoms with Gasteiger partial charge in [0.05, 0.1) is 0 Å². The van der Waals surface area contributed by atoms with E-state index in [0.717, 1.165) is 15.3 Å². The second-order valence-corrected chi connectivity index (χ2v) is 6.48. The van der Waals surface area contributed by atoms with E-state index in [0.29, 0.717) is 11.4 Å². The van der Waals surface area contributed by atoms with Crippen LogP contribution in [0.15, 0.2) is 72.8 Å². The number of carbonyl (C=O) groups excluding carboxylic acids is 1. The Balaban J connectivity index is 1.62. The van der Waals surface area contributed by atoms with Gasteiger partial charge in [-0.3, -0.25) is 4.79 Å². The van der Waals surface area contributed by atoms with Crippen molar-refractivity contribution in [2.45, 2.75) is 0 Å². The summed E-state index contributed by atoms with van der Waals surface area (Å²) >= 11 is 1.63. The van der Waals surface area contributed by atoms with Crippen molar-refractivity contribution >= 4 is 29.0 Å². The molecule has 4 nitrogen and oxygen atoms in total. The van der Waals surface area contributed by atoms with E-state index in [9.17, 15) is 4.79 Å². The number of benzene rings is 2. The summed E-state index contributed by atoms with van der Waals surface area (Å²) in [5.41, 5.74) is 1.78. The summed E-state index contributed by atoms with van der Waals surface area (Å²) in [6, 6.07) is 23.0. The lowest BCUT2D eigenvalue weighted by Gasteiger charge is -2.05. The lowest BCUT2D eigenvalue weighted by molar-refractivity contribution is -0.111. The average Bonchev–Trinajstić information content (AvgIpc) is 3.15. The Kier molecular flexibility index (Phi) is 5.81. The Morgan fingerprint density at radius 2 is 1.96 bits per heavy atom. The van der Waals surface area contributed by atoms with Crippen LogP contribution in [0.25, 0.3) is 16.5 Å². The molecular formula is C21H16N2O2S. The summed E-state index contributed by atoms with van der Waals surface area (Å²) in [5, 5.41) is 11.3. The molecule has 26 heavy (non-hydrogen) atoms. The number of anilines is 1. The smallest absolute Gasteiger partial charge is 0.248 e. The Morgan fingerprint density at radius 1 is 1.12 bits per heavy atom. The quantitative estimate of drug-likeness (QED) is 0.631. The second-order valence-electron chi connectivity index (χ2n) is 5.37. The van der Waals surface area contributed by atoms with Gasteiger partial charge in [0.25, 0.3) is 0 Å². The third-order valence-electron chi connectivity index (χ3n) is 3.49. The minimum Gasteiger partial charge on any atom is -0.479 e. The lowest BCUT2D eigenvalue weighted by atomic mass is 10.2. The highest BCUT2D eigenvalue weighted by Crippen LogP contribution is 2.28. The van der Waals surface area contributed by atoms with Crippen molar-refractivity contribution in [1.29, 1.82) is 5.26 Å². The minimum atomic E-state index is -0.225. The molecule has 1 N–H and O–H groups in total. The fourth-order valence-electron chi connectivity index (χ4n) is 2.32. The van der Waals surface area contributed by atoms with E-state index in [4.69, 9.17) is 10.00 Å².